The van der Waals surface area contributed by atoms with Gasteiger partial charge in [0.15, 0.2) is 0 Å². The molecule has 2 nitrogen and oxygen atoms in total. The molecule has 0 fully saturated rings. The van der Waals surface area contributed by atoms with Gasteiger partial charge in [-0.25, -0.2) is 0 Å². The lowest BCUT2D eigenvalue weighted by molar-refractivity contribution is 0.822. The van der Waals surface area contributed by atoms with Crippen LogP contribution in [0.1, 0.15) is 37.3 Å². The van der Waals surface area contributed by atoms with Crippen LogP contribution in [-0.4, -0.2) is 0 Å². The van der Waals surface area contributed by atoms with Crippen molar-refractivity contribution in [1.29, 1.82) is 10.5 Å². The van der Waals surface area contributed by atoms with Crippen molar-refractivity contribution in [3.63, 3.8) is 0 Å². The number of aryl methyl sites for hydroxylation is 1. The van der Waals surface area contributed by atoms with Crippen LogP contribution in [0.3, 0.4) is 0 Å². The molecule has 0 N–H and O–H groups in total. The molecule has 0 unspecified atom stereocenters. The number of unbranched alkanes of at least 4 members (excludes halogenated alkanes) is 2. The Balaban J connectivity index is 0.000000325. The van der Waals surface area contributed by atoms with Crippen LogP contribution in [-0.2, 0) is 6.42 Å². The van der Waals surface area contributed by atoms with Crippen LogP contribution in [0, 0.1) is 29.6 Å². The maximum atomic E-state index is 8.34. The summed E-state index contributed by atoms with van der Waals surface area (Å²) in [6.45, 7) is 4.12. The van der Waals surface area contributed by atoms with E-state index in [1.807, 2.05) is 31.2 Å². The van der Waals surface area contributed by atoms with Gasteiger partial charge in [0.25, 0.3) is 0 Å². The molecule has 0 bridgehead atoms. The van der Waals surface area contributed by atoms with Crippen molar-refractivity contribution >= 4 is 0 Å². The van der Waals surface area contributed by atoms with Gasteiger partial charge in [0.2, 0.25) is 0 Å². The van der Waals surface area contributed by atoms with E-state index in [4.69, 9.17) is 10.5 Å². The fourth-order valence-corrected chi connectivity index (χ4v) is 1.05. The van der Waals surface area contributed by atoms with Crippen molar-refractivity contribution in [2.75, 3.05) is 0 Å². The van der Waals surface area contributed by atoms with Gasteiger partial charge in [-0.15, -0.1) is 0 Å². The number of hydrogen-bond acceptors (Lipinski definition) is 2. The summed E-state index contributed by atoms with van der Waals surface area (Å²) in [4.78, 5) is 0. The zero-order valence-corrected chi connectivity index (χ0v) is 10.0. The largest absolute Gasteiger partial charge is 0.198 e. The molecule has 0 aliphatic carbocycles. The van der Waals surface area contributed by atoms with Crippen molar-refractivity contribution in [1.82, 2.24) is 0 Å². The Morgan fingerprint density at radius 2 is 1.69 bits per heavy atom. The summed E-state index contributed by atoms with van der Waals surface area (Å²) >= 11 is 0. The highest BCUT2D eigenvalue weighted by molar-refractivity contribution is 5.23. The first-order valence-corrected chi connectivity index (χ1v) is 5.54. The van der Waals surface area contributed by atoms with Gasteiger partial charge >= 0.3 is 0 Å². The minimum atomic E-state index is 0.514. The molecule has 0 saturated heterocycles. The molecule has 0 saturated carbocycles. The van der Waals surface area contributed by atoms with Gasteiger partial charge in [-0.3, -0.25) is 0 Å². The standard InChI is InChI=1S/C9H9N.C5H9N/c1-8-2-4-9(5-3-8)6-7-10;1-2-3-4-5-6/h2-5H,6H2,1H3;2-4H2,1H3. The molecule has 0 aromatic heterocycles. The summed E-state index contributed by atoms with van der Waals surface area (Å²) in [6, 6.07) is 12.2. The Hall–Kier alpha value is -1.80. The monoisotopic (exact) mass is 214 g/mol. The number of nitriles is 2. The van der Waals surface area contributed by atoms with E-state index in [1.165, 1.54) is 5.56 Å². The highest BCUT2D eigenvalue weighted by atomic mass is 14.2. The average Bonchev–Trinajstić information content (AvgIpc) is 2.31. The number of hydrogen-bond donors (Lipinski definition) is 0. The molecule has 84 valence electrons. The van der Waals surface area contributed by atoms with E-state index in [1.54, 1.807) is 0 Å². The number of nitrogens with zero attached hydrogens (tertiary/aromatic N) is 2. The van der Waals surface area contributed by atoms with E-state index in [0.29, 0.717) is 6.42 Å². The Labute approximate surface area is 98.1 Å². The number of benzene rings is 1. The zero-order chi connectivity index (χ0) is 12.2. The van der Waals surface area contributed by atoms with Gasteiger partial charge in [0.1, 0.15) is 0 Å². The van der Waals surface area contributed by atoms with E-state index in [9.17, 15) is 0 Å². The molecule has 0 heterocycles. The molecule has 0 aliphatic rings. The third-order valence-corrected chi connectivity index (χ3v) is 2.05. The Bertz CT molecular complexity index is 352. The van der Waals surface area contributed by atoms with Crippen LogP contribution < -0.4 is 0 Å². The topological polar surface area (TPSA) is 47.6 Å². The van der Waals surface area contributed by atoms with Crippen LogP contribution in [0.4, 0.5) is 0 Å². The van der Waals surface area contributed by atoms with Gasteiger partial charge in [-0.05, 0) is 18.9 Å². The SMILES string of the molecule is CCCCC#N.Cc1ccc(CC#N)cc1. The van der Waals surface area contributed by atoms with Gasteiger partial charge < -0.3 is 0 Å². The van der Waals surface area contributed by atoms with Crippen LogP contribution in [0.5, 0.6) is 0 Å². The van der Waals surface area contributed by atoms with E-state index < -0.39 is 0 Å². The molecular weight excluding hydrogens is 196 g/mol. The van der Waals surface area contributed by atoms with Crippen LogP contribution in [0.25, 0.3) is 0 Å². The predicted octanol–water partition coefficient (Wildman–Crippen LogP) is 3.76. The third kappa shape index (κ3) is 7.59. The lowest BCUT2D eigenvalue weighted by Gasteiger charge is -1.93. The minimum absolute atomic E-state index is 0.514. The van der Waals surface area contributed by atoms with E-state index in [-0.39, 0.29) is 0 Å². The molecule has 1 aromatic rings. The smallest absolute Gasteiger partial charge is 0.0669 e. The Morgan fingerprint density at radius 3 is 2.06 bits per heavy atom. The zero-order valence-electron chi connectivity index (χ0n) is 10.0. The fourth-order valence-electron chi connectivity index (χ4n) is 1.05. The van der Waals surface area contributed by atoms with Gasteiger partial charge in [-0.2, -0.15) is 10.5 Å². The lowest BCUT2D eigenvalue weighted by Crippen LogP contribution is -1.79. The summed E-state index contributed by atoms with van der Waals surface area (Å²) in [5, 5.41) is 16.3. The summed E-state index contributed by atoms with van der Waals surface area (Å²) in [7, 11) is 0. The first kappa shape index (κ1) is 14.2. The van der Waals surface area contributed by atoms with Gasteiger partial charge in [-0.1, -0.05) is 43.2 Å². The van der Waals surface area contributed by atoms with Crippen LogP contribution in [0.2, 0.25) is 0 Å². The lowest BCUT2D eigenvalue weighted by atomic mass is 10.1. The molecule has 1 rings (SSSR count). The second-order valence-electron chi connectivity index (χ2n) is 3.58. The van der Waals surface area contributed by atoms with E-state index >= 15 is 0 Å². The second-order valence-corrected chi connectivity index (χ2v) is 3.58. The van der Waals surface area contributed by atoms with Crippen molar-refractivity contribution in [3.8, 4) is 12.1 Å². The molecule has 2 heteroatoms. The van der Waals surface area contributed by atoms with Crippen molar-refractivity contribution < 1.29 is 0 Å². The van der Waals surface area contributed by atoms with Crippen LogP contribution >= 0.6 is 0 Å². The molecule has 0 atom stereocenters. The average molecular weight is 214 g/mol. The third-order valence-electron chi connectivity index (χ3n) is 2.05. The molecule has 0 radical (unpaired) electrons. The van der Waals surface area contributed by atoms with Gasteiger partial charge in [0, 0.05) is 6.42 Å². The first-order valence-electron chi connectivity index (χ1n) is 5.54. The Kier molecular flexibility index (Phi) is 8.65. The fraction of sp³-hybridized carbons (Fsp3) is 0.429. The first-order chi connectivity index (χ1) is 7.74. The van der Waals surface area contributed by atoms with Crippen molar-refractivity contribution in [2.24, 2.45) is 0 Å². The molecule has 1 aromatic carbocycles. The predicted molar refractivity (Wildman–Crippen MR) is 65.6 cm³/mol. The quantitative estimate of drug-likeness (QED) is 0.719. The van der Waals surface area contributed by atoms with Crippen molar-refractivity contribution in [3.05, 3.63) is 35.4 Å². The summed E-state index contributed by atoms with van der Waals surface area (Å²) in [6.07, 6.45) is 3.42. The van der Waals surface area contributed by atoms with E-state index in [0.717, 1.165) is 24.8 Å². The van der Waals surface area contributed by atoms with Crippen LogP contribution in [0.15, 0.2) is 24.3 Å². The maximum absolute atomic E-state index is 8.34. The van der Waals surface area contributed by atoms with E-state index in [2.05, 4.69) is 19.1 Å². The normalized spacial score (nSPS) is 8.25. The second kappa shape index (κ2) is 9.74. The van der Waals surface area contributed by atoms with Gasteiger partial charge in [0.05, 0.1) is 18.6 Å². The molecule has 16 heavy (non-hydrogen) atoms. The summed E-state index contributed by atoms with van der Waals surface area (Å²) in [5.41, 5.74) is 2.33. The summed E-state index contributed by atoms with van der Waals surface area (Å²) in [5.74, 6) is 0. The summed E-state index contributed by atoms with van der Waals surface area (Å²) < 4.78 is 0. The highest BCUT2D eigenvalue weighted by Gasteiger charge is 1.88. The molecule has 0 spiro atoms. The Morgan fingerprint density at radius 1 is 1.06 bits per heavy atom. The number of rotatable bonds is 3. The molecule has 0 aliphatic heterocycles. The minimum Gasteiger partial charge on any atom is -0.198 e. The highest BCUT2D eigenvalue weighted by Crippen LogP contribution is 2.02. The van der Waals surface area contributed by atoms with Crippen molar-refractivity contribution in [2.45, 2.75) is 39.5 Å². The maximum Gasteiger partial charge on any atom is 0.0669 e. The molecule has 0 amide bonds. The molecular formula is C14H18N2.